The Bertz CT molecular complexity index is 557. The van der Waals surface area contributed by atoms with Crippen molar-refractivity contribution in [2.75, 3.05) is 0 Å². The number of nitrogens with zero attached hydrogens (tertiary/aromatic N) is 1. The van der Waals surface area contributed by atoms with Crippen molar-refractivity contribution in [1.82, 2.24) is 4.57 Å². The summed E-state index contributed by atoms with van der Waals surface area (Å²) in [7, 11) is 0. The third-order valence-electron chi connectivity index (χ3n) is 4.18. The molecular formula is C14H17NO4. The second-order valence-corrected chi connectivity index (χ2v) is 5.69. The van der Waals surface area contributed by atoms with Gasteiger partial charge in [0.25, 0.3) is 5.56 Å². The van der Waals surface area contributed by atoms with Gasteiger partial charge in [-0.25, -0.2) is 4.79 Å². The van der Waals surface area contributed by atoms with Gasteiger partial charge in [0.15, 0.2) is 0 Å². The van der Waals surface area contributed by atoms with Gasteiger partial charge in [0, 0.05) is 18.7 Å². The van der Waals surface area contributed by atoms with Crippen LogP contribution in [-0.4, -0.2) is 20.7 Å². The summed E-state index contributed by atoms with van der Waals surface area (Å²) in [5.41, 5.74) is -0.542. The molecule has 0 bridgehead atoms. The molecule has 0 aromatic carbocycles. The first-order valence-corrected chi connectivity index (χ1v) is 6.73. The SMILES string of the molecule is O=C(O)c1cc(O)cc(=O)n1CC(C1CC1)C1CC1. The highest BCUT2D eigenvalue weighted by molar-refractivity contribution is 5.86. The van der Waals surface area contributed by atoms with E-state index in [1.54, 1.807) is 0 Å². The maximum atomic E-state index is 11.9. The lowest BCUT2D eigenvalue weighted by molar-refractivity contribution is 0.0680. The Labute approximate surface area is 110 Å². The quantitative estimate of drug-likeness (QED) is 0.847. The van der Waals surface area contributed by atoms with Crippen LogP contribution in [0.5, 0.6) is 5.75 Å². The van der Waals surface area contributed by atoms with Gasteiger partial charge in [-0.15, -0.1) is 0 Å². The van der Waals surface area contributed by atoms with Crippen molar-refractivity contribution in [2.45, 2.75) is 32.2 Å². The summed E-state index contributed by atoms with van der Waals surface area (Å²) in [6, 6.07) is 2.24. The molecule has 0 atom stereocenters. The summed E-state index contributed by atoms with van der Waals surface area (Å²) in [5.74, 6) is 0.261. The average molecular weight is 263 g/mol. The van der Waals surface area contributed by atoms with Crippen LogP contribution in [0.25, 0.3) is 0 Å². The lowest BCUT2D eigenvalue weighted by Crippen LogP contribution is -2.29. The van der Waals surface area contributed by atoms with Gasteiger partial charge in [-0.1, -0.05) is 0 Å². The Morgan fingerprint density at radius 1 is 1.26 bits per heavy atom. The molecule has 1 aromatic rings. The second-order valence-electron chi connectivity index (χ2n) is 5.69. The van der Waals surface area contributed by atoms with Crippen LogP contribution in [0.15, 0.2) is 16.9 Å². The van der Waals surface area contributed by atoms with Crippen molar-refractivity contribution in [3.05, 3.63) is 28.2 Å². The van der Waals surface area contributed by atoms with Crippen LogP contribution < -0.4 is 5.56 Å². The summed E-state index contributed by atoms with van der Waals surface area (Å²) in [6.45, 7) is 0.468. The molecule has 0 aliphatic heterocycles. The van der Waals surface area contributed by atoms with Crippen LogP contribution in [-0.2, 0) is 6.54 Å². The van der Waals surface area contributed by atoms with Gasteiger partial charge in [0.1, 0.15) is 11.4 Å². The number of pyridine rings is 1. The predicted octanol–water partition coefficient (Wildman–Crippen LogP) is 1.69. The van der Waals surface area contributed by atoms with E-state index in [-0.39, 0.29) is 11.4 Å². The highest BCUT2D eigenvalue weighted by Gasteiger charge is 2.41. The molecule has 0 amide bonds. The van der Waals surface area contributed by atoms with E-state index in [9.17, 15) is 14.7 Å². The first kappa shape index (κ1) is 12.3. The molecule has 2 aliphatic rings. The number of hydrogen-bond donors (Lipinski definition) is 2. The minimum absolute atomic E-state index is 0.115. The number of carbonyl (C=O) groups is 1. The summed E-state index contributed by atoms with van der Waals surface area (Å²) in [5, 5.41) is 18.5. The number of carboxylic acid groups (broad SMARTS) is 1. The average Bonchev–Trinajstić information content (AvgIpc) is 3.20. The molecule has 5 heteroatoms. The normalized spacial score (nSPS) is 18.8. The van der Waals surface area contributed by atoms with E-state index < -0.39 is 11.5 Å². The van der Waals surface area contributed by atoms with Gasteiger partial charge in [-0.2, -0.15) is 0 Å². The van der Waals surface area contributed by atoms with Gasteiger partial charge in [-0.3, -0.25) is 4.79 Å². The number of rotatable bonds is 5. The number of aromatic hydroxyl groups is 1. The van der Waals surface area contributed by atoms with Crippen LogP contribution in [0.3, 0.4) is 0 Å². The third-order valence-corrected chi connectivity index (χ3v) is 4.18. The van der Waals surface area contributed by atoms with E-state index in [4.69, 9.17) is 5.11 Å². The van der Waals surface area contributed by atoms with Gasteiger partial charge in [0.05, 0.1) is 0 Å². The van der Waals surface area contributed by atoms with E-state index in [2.05, 4.69) is 0 Å². The van der Waals surface area contributed by atoms with Gasteiger partial charge < -0.3 is 14.8 Å². The monoisotopic (exact) mass is 263 g/mol. The molecule has 0 spiro atoms. The van der Waals surface area contributed by atoms with Crippen LogP contribution in [0.4, 0.5) is 0 Å². The van der Waals surface area contributed by atoms with Crippen molar-refractivity contribution in [3.8, 4) is 5.75 Å². The topological polar surface area (TPSA) is 79.5 Å². The maximum Gasteiger partial charge on any atom is 0.352 e. The largest absolute Gasteiger partial charge is 0.508 e. The number of aromatic carboxylic acids is 1. The van der Waals surface area contributed by atoms with Crippen molar-refractivity contribution in [2.24, 2.45) is 17.8 Å². The number of carboxylic acids is 1. The molecule has 2 aliphatic carbocycles. The summed E-state index contributed by atoms with van der Waals surface area (Å²) in [4.78, 5) is 23.1. The van der Waals surface area contributed by atoms with E-state index >= 15 is 0 Å². The highest BCUT2D eigenvalue weighted by atomic mass is 16.4. The van der Waals surface area contributed by atoms with E-state index in [0.29, 0.717) is 24.3 Å². The van der Waals surface area contributed by atoms with E-state index in [1.807, 2.05) is 0 Å². The van der Waals surface area contributed by atoms with Gasteiger partial charge in [-0.05, 0) is 43.4 Å². The third kappa shape index (κ3) is 2.50. The van der Waals surface area contributed by atoms with Crippen LogP contribution >= 0.6 is 0 Å². The van der Waals surface area contributed by atoms with Crippen molar-refractivity contribution in [3.63, 3.8) is 0 Å². The smallest absolute Gasteiger partial charge is 0.352 e. The molecule has 2 fully saturated rings. The van der Waals surface area contributed by atoms with Crippen LogP contribution in [0.1, 0.15) is 36.2 Å². The Kier molecular flexibility index (Phi) is 2.84. The maximum absolute atomic E-state index is 11.9. The summed E-state index contributed by atoms with van der Waals surface area (Å²) < 4.78 is 1.31. The molecule has 19 heavy (non-hydrogen) atoms. The lowest BCUT2D eigenvalue weighted by Gasteiger charge is -2.18. The van der Waals surface area contributed by atoms with E-state index in [0.717, 1.165) is 12.1 Å². The molecule has 3 rings (SSSR count). The highest BCUT2D eigenvalue weighted by Crippen LogP contribution is 2.49. The molecule has 0 unspecified atom stereocenters. The Morgan fingerprint density at radius 3 is 2.32 bits per heavy atom. The Morgan fingerprint density at radius 2 is 1.84 bits per heavy atom. The summed E-state index contributed by atoms with van der Waals surface area (Å²) >= 11 is 0. The molecule has 1 aromatic heterocycles. The summed E-state index contributed by atoms with van der Waals surface area (Å²) in [6.07, 6.45) is 4.76. The lowest BCUT2D eigenvalue weighted by atomic mass is 9.97. The van der Waals surface area contributed by atoms with Crippen molar-refractivity contribution >= 4 is 5.97 Å². The standard InChI is InChI=1S/C14H17NO4/c16-10-5-12(14(18)19)15(13(17)6-10)7-11(8-1-2-8)9-3-4-9/h5-6,8-9,11,16H,1-4,7H2,(H,18,19). The molecule has 102 valence electrons. The van der Waals surface area contributed by atoms with Crippen LogP contribution in [0, 0.1) is 17.8 Å². The first-order chi connectivity index (χ1) is 9.06. The fourth-order valence-corrected chi connectivity index (χ4v) is 2.89. The molecule has 2 saturated carbocycles. The van der Waals surface area contributed by atoms with Crippen molar-refractivity contribution in [1.29, 1.82) is 0 Å². The number of aromatic nitrogens is 1. The molecule has 5 nitrogen and oxygen atoms in total. The zero-order valence-corrected chi connectivity index (χ0v) is 10.6. The van der Waals surface area contributed by atoms with Crippen LogP contribution in [0.2, 0.25) is 0 Å². The molecule has 0 saturated heterocycles. The van der Waals surface area contributed by atoms with Gasteiger partial charge >= 0.3 is 5.97 Å². The van der Waals surface area contributed by atoms with Crippen molar-refractivity contribution < 1.29 is 15.0 Å². The molecule has 2 N–H and O–H groups in total. The molecular weight excluding hydrogens is 246 g/mol. The second kappa shape index (κ2) is 4.40. The fourth-order valence-electron chi connectivity index (χ4n) is 2.89. The minimum atomic E-state index is -1.17. The molecule has 1 heterocycles. The Hall–Kier alpha value is -1.78. The molecule has 0 radical (unpaired) electrons. The fraction of sp³-hybridized carbons (Fsp3) is 0.571. The number of hydrogen-bond acceptors (Lipinski definition) is 3. The zero-order valence-electron chi connectivity index (χ0n) is 10.6. The zero-order chi connectivity index (χ0) is 13.6. The minimum Gasteiger partial charge on any atom is -0.508 e. The first-order valence-electron chi connectivity index (χ1n) is 6.73. The predicted molar refractivity (Wildman–Crippen MR) is 68.3 cm³/mol. The van der Waals surface area contributed by atoms with E-state index in [1.165, 1.54) is 30.3 Å². The van der Waals surface area contributed by atoms with Gasteiger partial charge in [0.2, 0.25) is 0 Å². The Balaban J connectivity index is 1.94.